The molecular formula is C12H25F3N2. The number of nitrogens with one attached hydrogen (secondary N) is 1. The highest BCUT2D eigenvalue weighted by molar-refractivity contribution is 4.59. The molecule has 17 heavy (non-hydrogen) atoms. The van der Waals surface area contributed by atoms with Gasteiger partial charge in [0, 0.05) is 0 Å². The molecule has 0 spiro atoms. The summed E-state index contributed by atoms with van der Waals surface area (Å²) < 4.78 is 35.5. The topological polar surface area (TPSA) is 15.3 Å². The summed E-state index contributed by atoms with van der Waals surface area (Å²) in [6.07, 6.45) is -0.0556. The van der Waals surface area contributed by atoms with Crippen LogP contribution in [-0.2, 0) is 0 Å². The third-order valence-corrected chi connectivity index (χ3v) is 2.48. The first-order chi connectivity index (χ1) is 7.99. The number of alkyl halides is 3. The van der Waals surface area contributed by atoms with Gasteiger partial charge in [0.2, 0.25) is 0 Å². The minimum Gasteiger partial charge on any atom is -0.309 e. The molecule has 0 radical (unpaired) electrons. The molecule has 0 heterocycles. The number of rotatable bonds is 10. The molecule has 5 heteroatoms. The molecule has 0 rings (SSSR count). The van der Waals surface area contributed by atoms with E-state index in [9.17, 15) is 13.2 Å². The maximum atomic E-state index is 11.8. The van der Waals surface area contributed by atoms with Gasteiger partial charge in [-0.05, 0) is 51.9 Å². The molecule has 1 N–H and O–H groups in total. The van der Waals surface area contributed by atoms with E-state index in [-0.39, 0.29) is 0 Å². The van der Waals surface area contributed by atoms with Gasteiger partial charge in [-0.15, -0.1) is 0 Å². The first-order valence-electron chi connectivity index (χ1n) is 6.49. The molecule has 0 aliphatic rings. The van der Waals surface area contributed by atoms with Crippen molar-refractivity contribution in [1.82, 2.24) is 10.2 Å². The van der Waals surface area contributed by atoms with Gasteiger partial charge in [0.25, 0.3) is 0 Å². The van der Waals surface area contributed by atoms with Gasteiger partial charge in [0.1, 0.15) is 0 Å². The van der Waals surface area contributed by atoms with Crippen molar-refractivity contribution in [2.24, 2.45) is 0 Å². The number of unbranched alkanes of at least 4 members (excludes halogenated alkanes) is 1. The molecule has 0 aliphatic heterocycles. The lowest BCUT2D eigenvalue weighted by molar-refractivity contribution is -0.124. The minimum absolute atomic E-state index is 0.450. The summed E-state index contributed by atoms with van der Waals surface area (Å²) in [5.41, 5.74) is 0. The third kappa shape index (κ3) is 12.0. The van der Waals surface area contributed by atoms with Crippen molar-refractivity contribution in [3.8, 4) is 0 Å². The summed E-state index contributed by atoms with van der Waals surface area (Å²) in [7, 11) is 0. The van der Waals surface area contributed by atoms with Crippen LogP contribution in [0.15, 0.2) is 0 Å². The summed E-state index contributed by atoms with van der Waals surface area (Å²) in [6, 6.07) is 0. The Morgan fingerprint density at radius 2 is 1.53 bits per heavy atom. The number of hydrogen-bond acceptors (Lipinski definition) is 2. The Hall–Kier alpha value is -0.290. The van der Waals surface area contributed by atoms with Crippen LogP contribution in [0.2, 0.25) is 0 Å². The van der Waals surface area contributed by atoms with Crippen molar-refractivity contribution < 1.29 is 13.2 Å². The smallest absolute Gasteiger partial charge is 0.309 e. The highest BCUT2D eigenvalue weighted by Crippen LogP contribution is 2.12. The van der Waals surface area contributed by atoms with Crippen molar-refractivity contribution in [1.29, 1.82) is 0 Å². The Bertz CT molecular complexity index is 166. The highest BCUT2D eigenvalue weighted by atomic mass is 19.4. The molecule has 0 fully saturated rings. The highest BCUT2D eigenvalue weighted by Gasteiger charge is 2.25. The first-order valence-corrected chi connectivity index (χ1v) is 6.49. The molecule has 2 nitrogen and oxygen atoms in total. The predicted molar refractivity (Wildman–Crippen MR) is 65.2 cm³/mol. The second-order valence-electron chi connectivity index (χ2n) is 4.34. The SMILES string of the molecule is CCCN(CCC)CCCCNCC(F)(F)F. The maximum absolute atomic E-state index is 11.8. The van der Waals surface area contributed by atoms with E-state index in [1.807, 2.05) is 0 Å². The fourth-order valence-corrected chi connectivity index (χ4v) is 1.78. The van der Waals surface area contributed by atoms with E-state index in [2.05, 4.69) is 24.1 Å². The molecule has 0 bridgehead atoms. The molecule has 0 atom stereocenters. The molecule has 0 aromatic carbocycles. The average Bonchev–Trinajstić information content (AvgIpc) is 2.22. The van der Waals surface area contributed by atoms with E-state index in [0.717, 1.165) is 45.3 Å². The van der Waals surface area contributed by atoms with Crippen LogP contribution in [0.1, 0.15) is 39.5 Å². The van der Waals surface area contributed by atoms with E-state index >= 15 is 0 Å². The van der Waals surface area contributed by atoms with Crippen molar-refractivity contribution >= 4 is 0 Å². The van der Waals surface area contributed by atoms with Gasteiger partial charge in [-0.1, -0.05) is 13.8 Å². The molecule has 0 aromatic heterocycles. The normalized spacial score (nSPS) is 12.4. The van der Waals surface area contributed by atoms with Gasteiger partial charge in [0.15, 0.2) is 0 Å². The van der Waals surface area contributed by atoms with Gasteiger partial charge in [-0.2, -0.15) is 13.2 Å². The van der Waals surface area contributed by atoms with Gasteiger partial charge < -0.3 is 10.2 Å². The Kier molecular flexibility index (Phi) is 9.55. The van der Waals surface area contributed by atoms with E-state index < -0.39 is 12.7 Å². The summed E-state index contributed by atoms with van der Waals surface area (Å²) >= 11 is 0. The standard InChI is InChI=1S/C12H25F3N2/c1-3-8-17(9-4-2)10-6-5-7-16-11-12(13,14)15/h16H,3-11H2,1-2H3. The molecule has 104 valence electrons. The quantitative estimate of drug-likeness (QED) is 0.603. The Morgan fingerprint density at radius 1 is 0.941 bits per heavy atom. The van der Waals surface area contributed by atoms with Crippen LogP contribution in [0.3, 0.4) is 0 Å². The van der Waals surface area contributed by atoms with E-state index in [1.54, 1.807) is 0 Å². The Balaban J connectivity index is 3.41. The third-order valence-electron chi connectivity index (χ3n) is 2.48. The van der Waals surface area contributed by atoms with Crippen LogP contribution in [0, 0.1) is 0 Å². The van der Waals surface area contributed by atoms with E-state index in [4.69, 9.17) is 0 Å². The summed E-state index contributed by atoms with van der Waals surface area (Å²) in [4.78, 5) is 2.38. The summed E-state index contributed by atoms with van der Waals surface area (Å²) in [5, 5.41) is 2.42. The lowest BCUT2D eigenvalue weighted by Gasteiger charge is -2.20. The molecular weight excluding hydrogens is 229 g/mol. The molecule has 0 amide bonds. The summed E-state index contributed by atoms with van der Waals surface area (Å²) in [6.45, 7) is 7.04. The van der Waals surface area contributed by atoms with Gasteiger partial charge >= 0.3 is 6.18 Å². The second-order valence-corrected chi connectivity index (χ2v) is 4.34. The monoisotopic (exact) mass is 254 g/mol. The van der Waals surface area contributed by atoms with Crippen LogP contribution >= 0.6 is 0 Å². The lowest BCUT2D eigenvalue weighted by atomic mass is 10.2. The van der Waals surface area contributed by atoms with Crippen LogP contribution in [0.25, 0.3) is 0 Å². The van der Waals surface area contributed by atoms with Crippen molar-refractivity contribution in [2.75, 3.05) is 32.7 Å². The Labute approximate surface area is 103 Å². The fourth-order valence-electron chi connectivity index (χ4n) is 1.78. The number of halogens is 3. The minimum atomic E-state index is -4.09. The van der Waals surface area contributed by atoms with Crippen LogP contribution in [-0.4, -0.2) is 43.8 Å². The van der Waals surface area contributed by atoms with Crippen LogP contribution < -0.4 is 5.32 Å². The van der Waals surface area contributed by atoms with E-state index in [1.165, 1.54) is 0 Å². The second kappa shape index (κ2) is 9.71. The summed E-state index contributed by atoms with van der Waals surface area (Å²) in [5.74, 6) is 0. The Morgan fingerprint density at radius 3 is 2.00 bits per heavy atom. The molecule has 0 unspecified atom stereocenters. The molecule has 0 aliphatic carbocycles. The number of nitrogens with zero attached hydrogens (tertiary/aromatic N) is 1. The van der Waals surface area contributed by atoms with Crippen LogP contribution in [0.5, 0.6) is 0 Å². The zero-order chi connectivity index (χ0) is 13.1. The molecule has 0 saturated heterocycles. The van der Waals surface area contributed by atoms with Crippen LogP contribution in [0.4, 0.5) is 13.2 Å². The molecule has 0 aromatic rings. The van der Waals surface area contributed by atoms with Crippen molar-refractivity contribution in [3.63, 3.8) is 0 Å². The predicted octanol–water partition coefficient (Wildman–Crippen LogP) is 3.04. The zero-order valence-electron chi connectivity index (χ0n) is 10.9. The average molecular weight is 254 g/mol. The largest absolute Gasteiger partial charge is 0.401 e. The van der Waals surface area contributed by atoms with Crippen molar-refractivity contribution in [2.45, 2.75) is 45.7 Å². The maximum Gasteiger partial charge on any atom is 0.401 e. The number of hydrogen-bond donors (Lipinski definition) is 1. The first kappa shape index (κ1) is 16.7. The zero-order valence-corrected chi connectivity index (χ0v) is 10.9. The van der Waals surface area contributed by atoms with Gasteiger partial charge in [0.05, 0.1) is 6.54 Å². The molecule has 0 saturated carbocycles. The van der Waals surface area contributed by atoms with Gasteiger partial charge in [-0.25, -0.2) is 0 Å². The van der Waals surface area contributed by atoms with E-state index in [0.29, 0.717) is 6.54 Å². The lowest BCUT2D eigenvalue weighted by Crippen LogP contribution is -2.30. The van der Waals surface area contributed by atoms with Gasteiger partial charge in [-0.3, -0.25) is 0 Å². The van der Waals surface area contributed by atoms with Crippen molar-refractivity contribution in [3.05, 3.63) is 0 Å². The fraction of sp³-hybridized carbons (Fsp3) is 1.00.